The second-order valence-corrected chi connectivity index (χ2v) is 6.48. The van der Waals surface area contributed by atoms with Crippen LogP contribution < -0.4 is 9.47 Å². The van der Waals surface area contributed by atoms with Crippen molar-refractivity contribution in [3.63, 3.8) is 0 Å². The maximum atomic E-state index is 12.5. The lowest BCUT2D eigenvalue weighted by Gasteiger charge is -2.18. The Morgan fingerprint density at radius 3 is 2.73 bits per heavy atom. The van der Waals surface area contributed by atoms with E-state index in [0.29, 0.717) is 41.0 Å². The summed E-state index contributed by atoms with van der Waals surface area (Å²) in [7, 11) is 0. The van der Waals surface area contributed by atoms with Crippen LogP contribution in [-0.4, -0.2) is 24.0 Å². The Kier molecular flexibility index (Phi) is 4.35. The lowest BCUT2D eigenvalue weighted by Crippen LogP contribution is -2.15. The van der Waals surface area contributed by atoms with E-state index in [1.165, 1.54) is 6.08 Å². The number of hydrogen-bond donors (Lipinski definition) is 0. The molecule has 0 saturated carbocycles. The third kappa shape index (κ3) is 3.28. The van der Waals surface area contributed by atoms with Crippen molar-refractivity contribution in [1.82, 2.24) is 4.98 Å². The predicted molar refractivity (Wildman–Crippen MR) is 102 cm³/mol. The minimum atomic E-state index is -0.137. The van der Waals surface area contributed by atoms with Crippen LogP contribution in [0.1, 0.15) is 21.5 Å². The normalized spacial score (nSPS) is 13.3. The topological polar surface area (TPSA) is 48.4 Å². The van der Waals surface area contributed by atoms with Gasteiger partial charge in [0.2, 0.25) is 0 Å². The molecular weight excluding hydrogens is 350 g/mol. The van der Waals surface area contributed by atoms with Crippen LogP contribution in [0.3, 0.4) is 0 Å². The molecule has 0 atom stereocenters. The second kappa shape index (κ2) is 6.81. The number of hydrogen-bond acceptors (Lipinski definition) is 4. The summed E-state index contributed by atoms with van der Waals surface area (Å²) >= 11 is 6.26. The molecule has 0 N–H and O–H groups in total. The monoisotopic (exact) mass is 365 g/mol. The molecule has 0 amide bonds. The zero-order chi connectivity index (χ0) is 18.1. The molecule has 0 unspecified atom stereocenters. The number of carbonyl (C=O) groups excluding carboxylic acids is 1. The maximum absolute atomic E-state index is 12.5. The summed E-state index contributed by atoms with van der Waals surface area (Å²) < 4.78 is 11.0. The Labute approximate surface area is 156 Å². The number of fused-ring (bicyclic) bond motifs is 2. The lowest BCUT2D eigenvalue weighted by atomic mass is 10.1. The van der Waals surface area contributed by atoms with Gasteiger partial charge < -0.3 is 9.47 Å². The molecule has 1 aromatic heterocycles. The lowest BCUT2D eigenvalue weighted by molar-refractivity contribution is 0.104. The van der Waals surface area contributed by atoms with Gasteiger partial charge in [-0.15, -0.1) is 0 Å². The minimum absolute atomic E-state index is 0.137. The van der Waals surface area contributed by atoms with Crippen LogP contribution in [0.4, 0.5) is 0 Å². The van der Waals surface area contributed by atoms with Gasteiger partial charge in [-0.05, 0) is 55.5 Å². The molecule has 0 fully saturated rings. The summed E-state index contributed by atoms with van der Waals surface area (Å²) in [4.78, 5) is 16.9. The molecule has 0 bridgehead atoms. The number of halogens is 1. The van der Waals surface area contributed by atoms with Gasteiger partial charge in [-0.2, -0.15) is 0 Å². The smallest absolute Gasteiger partial charge is 0.185 e. The maximum Gasteiger partial charge on any atom is 0.185 e. The third-order valence-corrected chi connectivity index (χ3v) is 4.49. The number of ether oxygens (including phenoxy) is 2. The summed E-state index contributed by atoms with van der Waals surface area (Å²) in [5.41, 5.74) is 3.21. The van der Waals surface area contributed by atoms with E-state index < -0.39 is 0 Å². The van der Waals surface area contributed by atoms with Gasteiger partial charge in [-0.25, -0.2) is 4.98 Å². The Balaban J connectivity index is 1.62. The zero-order valence-corrected chi connectivity index (χ0v) is 14.9. The van der Waals surface area contributed by atoms with E-state index >= 15 is 0 Å². The summed E-state index contributed by atoms with van der Waals surface area (Å²) in [5.74, 6) is 1.12. The molecule has 1 aliphatic rings. The number of benzene rings is 2. The number of ketones is 1. The van der Waals surface area contributed by atoms with E-state index in [0.717, 1.165) is 16.5 Å². The van der Waals surface area contributed by atoms with Gasteiger partial charge in [0.25, 0.3) is 0 Å². The van der Waals surface area contributed by atoms with Gasteiger partial charge in [0.1, 0.15) is 18.4 Å². The van der Waals surface area contributed by atoms with Crippen molar-refractivity contribution in [3.05, 3.63) is 70.4 Å². The molecule has 0 aliphatic carbocycles. The largest absolute Gasteiger partial charge is 0.486 e. The number of pyridine rings is 1. The minimum Gasteiger partial charge on any atom is -0.486 e. The van der Waals surface area contributed by atoms with Crippen LogP contribution in [0.25, 0.3) is 17.0 Å². The molecule has 4 nitrogen and oxygen atoms in total. The molecule has 3 aromatic rings. The molecule has 0 saturated heterocycles. The van der Waals surface area contributed by atoms with E-state index in [1.54, 1.807) is 24.3 Å². The van der Waals surface area contributed by atoms with Gasteiger partial charge in [0.05, 0.1) is 5.52 Å². The molecule has 0 spiro atoms. The van der Waals surface area contributed by atoms with Crippen LogP contribution in [0.15, 0.2) is 48.5 Å². The number of rotatable bonds is 3. The summed E-state index contributed by atoms with van der Waals surface area (Å²) in [5, 5.41) is 1.36. The van der Waals surface area contributed by atoms with Crippen LogP contribution in [0.5, 0.6) is 11.5 Å². The van der Waals surface area contributed by atoms with E-state index in [2.05, 4.69) is 4.98 Å². The number of nitrogens with zero attached hydrogens (tertiary/aromatic N) is 1. The zero-order valence-electron chi connectivity index (χ0n) is 14.2. The standard InChI is InChI=1S/C21H16ClNO3/c1-13-2-5-17-16(10-13)11-15(21(22)23-17)3-6-18(24)14-4-7-19-20(12-14)26-9-8-25-19/h2-7,10-12H,8-9H2,1H3/b6-3+. The predicted octanol–water partition coefficient (Wildman–Crippen LogP) is 4.86. The number of aryl methyl sites for hydroxylation is 1. The quantitative estimate of drug-likeness (QED) is 0.377. The highest BCUT2D eigenvalue weighted by Gasteiger charge is 2.14. The highest BCUT2D eigenvalue weighted by Crippen LogP contribution is 2.31. The summed E-state index contributed by atoms with van der Waals surface area (Å²) in [6.07, 6.45) is 3.19. The van der Waals surface area contributed by atoms with Crippen LogP contribution >= 0.6 is 11.6 Å². The van der Waals surface area contributed by atoms with Gasteiger partial charge in [-0.1, -0.05) is 23.2 Å². The molecule has 1 aliphatic heterocycles. The molecule has 2 heterocycles. The third-order valence-electron chi connectivity index (χ3n) is 4.19. The van der Waals surface area contributed by atoms with E-state index in [1.807, 2.05) is 31.2 Å². The first-order valence-corrected chi connectivity index (χ1v) is 8.67. The van der Waals surface area contributed by atoms with Crippen molar-refractivity contribution in [1.29, 1.82) is 0 Å². The Bertz CT molecular complexity index is 1040. The number of carbonyl (C=O) groups is 1. The Morgan fingerprint density at radius 2 is 1.88 bits per heavy atom. The van der Waals surface area contributed by atoms with E-state index in [9.17, 15) is 4.79 Å². The van der Waals surface area contributed by atoms with Crippen molar-refractivity contribution in [2.75, 3.05) is 13.2 Å². The van der Waals surface area contributed by atoms with Crippen LogP contribution in [-0.2, 0) is 0 Å². The Morgan fingerprint density at radius 1 is 1.08 bits per heavy atom. The summed E-state index contributed by atoms with van der Waals surface area (Å²) in [6.45, 7) is 3.03. The summed E-state index contributed by atoms with van der Waals surface area (Å²) in [6, 6.07) is 13.1. The van der Waals surface area contributed by atoms with Crippen molar-refractivity contribution in [2.45, 2.75) is 6.92 Å². The average Bonchev–Trinajstić information content (AvgIpc) is 2.66. The first-order valence-electron chi connectivity index (χ1n) is 8.29. The van der Waals surface area contributed by atoms with Gasteiger partial charge in [-0.3, -0.25) is 4.79 Å². The van der Waals surface area contributed by atoms with Crippen molar-refractivity contribution < 1.29 is 14.3 Å². The first-order chi connectivity index (χ1) is 12.6. The fraction of sp³-hybridized carbons (Fsp3) is 0.143. The van der Waals surface area contributed by atoms with Crippen LogP contribution in [0, 0.1) is 6.92 Å². The van der Waals surface area contributed by atoms with Gasteiger partial charge in [0.15, 0.2) is 17.3 Å². The van der Waals surface area contributed by atoms with Crippen molar-refractivity contribution >= 4 is 34.4 Å². The van der Waals surface area contributed by atoms with Crippen LogP contribution in [0.2, 0.25) is 5.15 Å². The highest BCUT2D eigenvalue weighted by atomic mass is 35.5. The molecule has 4 rings (SSSR count). The van der Waals surface area contributed by atoms with Gasteiger partial charge in [0, 0.05) is 16.5 Å². The molecule has 26 heavy (non-hydrogen) atoms. The molecule has 130 valence electrons. The van der Waals surface area contributed by atoms with Crippen molar-refractivity contribution in [2.24, 2.45) is 0 Å². The fourth-order valence-electron chi connectivity index (χ4n) is 2.86. The molecular formula is C21H16ClNO3. The first kappa shape index (κ1) is 16.6. The molecule has 5 heteroatoms. The van der Waals surface area contributed by atoms with Crippen molar-refractivity contribution in [3.8, 4) is 11.5 Å². The molecule has 0 radical (unpaired) electrons. The fourth-order valence-corrected chi connectivity index (χ4v) is 3.07. The van der Waals surface area contributed by atoms with Gasteiger partial charge >= 0.3 is 0 Å². The Hall–Kier alpha value is -2.85. The average molecular weight is 366 g/mol. The molecule has 2 aromatic carbocycles. The van der Waals surface area contributed by atoms with E-state index in [-0.39, 0.29) is 5.78 Å². The second-order valence-electron chi connectivity index (χ2n) is 6.12. The number of aromatic nitrogens is 1. The van der Waals surface area contributed by atoms with E-state index in [4.69, 9.17) is 21.1 Å². The highest BCUT2D eigenvalue weighted by molar-refractivity contribution is 6.31. The number of allylic oxidation sites excluding steroid dienone is 1. The SMILES string of the molecule is Cc1ccc2nc(Cl)c(/C=C/C(=O)c3ccc4c(c3)OCCO4)cc2c1.